The van der Waals surface area contributed by atoms with Crippen LogP contribution in [-0.4, -0.2) is 17.1 Å². The first kappa shape index (κ1) is 13.6. The summed E-state index contributed by atoms with van der Waals surface area (Å²) in [5.74, 6) is -0.861. The first-order chi connectivity index (χ1) is 9.08. The maximum Gasteiger partial charge on any atom is 0.345 e. The minimum absolute atomic E-state index is 0.316. The molecule has 1 aromatic heterocycles. The number of carbonyl (C=O) groups is 1. The number of hydrogen-bond acceptors (Lipinski definition) is 3. The van der Waals surface area contributed by atoms with Crippen LogP contribution in [-0.2, 0) is 6.54 Å². The molecule has 1 heterocycles. The molecule has 2 aromatic rings. The van der Waals surface area contributed by atoms with E-state index in [1.165, 1.54) is 16.9 Å². The molecule has 19 heavy (non-hydrogen) atoms. The molecular weight excluding hydrogens is 258 g/mol. The lowest BCUT2D eigenvalue weighted by Crippen LogP contribution is -2.29. The van der Waals surface area contributed by atoms with Crippen LogP contribution in [0.15, 0.2) is 41.8 Å². The van der Waals surface area contributed by atoms with E-state index in [4.69, 9.17) is 5.11 Å². The maximum atomic E-state index is 11.0. The fourth-order valence-corrected chi connectivity index (χ4v) is 2.68. The van der Waals surface area contributed by atoms with E-state index < -0.39 is 5.97 Å². The van der Waals surface area contributed by atoms with Gasteiger partial charge in [-0.05, 0) is 25.5 Å². The van der Waals surface area contributed by atoms with E-state index in [9.17, 15) is 4.79 Å². The van der Waals surface area contributed by atoms with Crippen LogP contribution in [0.1, 0.15) is 29.1 Å². The van der Waals surface area contributed by atoms with Crippen molar-refractivity contribution in [3.8, 4) is 0 Å². The quantitative estimate of drug-likeness (QED) is 0.900. The Kier molecular flexibility index (Phi) is 4.22. The van der Waals surface area contributed by atoms with Gasteiger partial charge in [0.05, 0.1) is 0 Å². The Labute approximate surface area is 117 Å². The monoisotopic (exact) mass is 275 g/mol. The van der Waals surface area contributed by atoms with E-state index in [0.29, 0.717) is 10.9 Å². The second-order valence-corrected chi connectivity index (χ2v) is 5.59. The van der Waals surface area contributed by atoms with Crippen molar-refractivity contribution in [3.05, 3.63) is 52.2 Å². The number of rotatable bonds is 5. The smallest absolute Gasteiger partial charge is 0.345 e. The summed E-state index contributed by atoms with van der Waals surface area (Å²) in [4.78, 5) is 13.5. The summed E-state index contributed by atoms with van der Waals surface area (Å²) in [5, 5.41) is 10.9. The fraction of sp³-hybridized carbons (Fsp3) is 0.267. The second kappa shape index (κ2) is 5.89. The summed E-state index contributed by atoms with van der Waals surface area (Å²) in [6.45, 7) is 5.01. The molecule has 0 saturated heterocycles. The van der Waals surface area contributed by atoms with Crippen molar-refractivity contribution in [2.24, 2.45) is 0 Å². The van der Waals surface area contributed by atoms with Crippen LogP contribution in [0, 0.1) is 0 Å². The lowest BCUT2D eigenvalue weighted by Gasteiger charge is -2.28. The van der Waals surface area contributed by atoms with E-state index in [2.05, 4.69) is 30.9 Å². The molecule has 0 aliphatic rings. The molecule has 0 spiro atoms. The molecule has 0 bridgehead atoms. The maximum absolute atomic E-state index is 11.0. The molecule has 0 atom stereocenters. The topological polar surface area (TPSA) is 40.5 Å². The zero-order valence-corrected chi connectivity index (χ0v) is 11.9. The van der Waals surface area contributed by atoms with E-state index in [1.807, 2.05) is 23.6 Å². The van der Waals surface area contributed by atoms with Crippen LogP contribution >= 0.6 is 11.3 Å². The number of thiophene rings is 1. The third-order valence-corrected chi connectivity index (χ3v) is 3.85. The highest BCUT2D eigenvalue weighted by molar-refractivity contribution is 7.12. The van der Waals surface area contributed by atoms with Crippen molar-refractivity contribution in [2.75, 3.05) is 4.90 Å². The van der Waals surface area contributed by atoms with Crippen molar-refractivity contribution in [1.29, 1.82) is 0 Å². The van der Waals surface area contributed by atoms with Crippen molar-refractivity contribution in [2.45, 2.75) is 26.4 Å². The van der Waals surface area contributed by atoms with Gasteiger partial charge >= 0.3 is 5.97 Å². The SMILES string of the molecule is CC(C)N(Cc1ccccc1)c1csc(C(=O)O)c1. The zero-order valence-electron chi connectivity index (χ0n) is 11.0. The Balaban J connectivity index is 2.22. The summed E-state index contributed by atoms with van der Waals surface area (Å²) in [7, 11) is 0. The summed E-state index contributed by atoms with van der Waals surface area (Å²) in [5.41, 5.74) is 2.19. The molecule has 3 nitrogen and oxygen atoms in total. The summed E-state index contributed by atoms with van der Waals surface area (Å²) < 4.78 is 0. The average molecular weight is 275 g/mol. The molecule has 1 N–H and O–H groups in total. The van der Waals surface area contributed by atoms with Crippen molar-refractivity contribution in [1.82, 2.24) is 0 Å². The fourth-order valence-electron chi connectivity index (χ4n) is 1.94. The minimum atomic E-state index is -0.861. The highest BCUT2D eigenvalue weighted by Gasteiger charge is 2.15. The Morgan fingerprint density at radius 3 is 2.53 bits per heavy atom. The second-order valence-electron chi connectivity index (χ2n) is 4.68. The van der Waals surface area contributed by atoms with Crippen molar-refractivity contribution < 1.29 is 9.90 Å². The van der Waals surface area contributed by atoms with Gasteiger partial charge in [0.15, 0.2) is 0 Å². The molecule has 0 fully saturated rings. The van der Waals surface area contributed by atoms with Crippen LogP contribution in [0.5, 0.6) is 0 Å². The molecule has 4 heteroatoms. The molecular formula is C15H17NO2S. The summed E-state index contributed by atoms with van der Waals surface area (Å²) in [6, 6.07) is 12.3. The van der Waals surface area contributed by atoms with Gasteiger partial charge in [0.25, 0.3) is 0 Å². The number of carboxylic acid groups (broad SMARTS) is 1. The minimum Gasteiger partial charge on any atom is -0.477 e. The Bertz CT molecular complexity index is 548. The van der Waals surface area contributed by atoms with Gasteiger partial charge in [0.2, 0.25) is 0 Å². The first-order valence-corrected chi connectivity index (χ1v) is 7.08. The van der Waals surface area contributed by atoms with Gasteiger partial charge < -0.3 is 10.0 Å². The number of hydrogen-bond donors (Lipinski definition) is 1. The molecule has 0 unspecified atom stereocenters. The number of nitrogens with zero attached hydrogens (tertiary/aromatic N) is 1. The van der Waals surface area contributed by atoms with Crippen LogP contribution in [0.2, 0.25) is 0 Å². The predicted molar refractivity (Wildman–Crippen MR) is 79.0 cm³/mol. The van der Waals surface area contributed by atoms with Gasteiger partial charge in [0.1, 0.15) is 4.88 Å². The number of anilines is 1. The Hall–Kier alpha value is -1.81. The van der Waals surface area contributed by atoms with Crippen LogP contribution < -0.4 is 4.90 Å². The van der Waals surface area contributed by atoms with Crippen LogP contribution in [0.4, 0.5) is 5.69 Å². The van der Waals surface area contributed by atoms with Crippen LogP contribution in [0.25, 0.3) is 0 Å². The molecule has 0 radical (unpaired) electrons. The standard InChI is InChI=1S/C15H17NO2S/c1-11(2)16(9-12-6-4-3-5-7-12)13-8-14(15(17)18)19-10-13/h3-8,10-11H,9H2,1-2H3,(H,17,18). The molecule has 0 saturated carbocycles. The van der Waals surface area contributed by atoms with E-state index >= 15 is 0 Å². The predicted octanol–water partition coefficient (Wildman–Crippen LogP) is 3.86. The van der Waals surface area contributed by atoms with Gasteiger partial charge in [-0.25, -0.2) is 4.79 Å². The van der Waals surface area contributed by atoms with Gasteiger partial charge in [-0.15, -0.1) is 11.3 Å². The van der Waals surface area contributed by atoms with Gasteiger partial charge in [-0.3, -0.25) is 0 Å². The average Bonchev–Trinajstić information content (AvgIpc) is 2.86. The highest BCUT2D eigenvalue weighted by Crippen LogP contribution is 2.26. The van der Waals surface area contributed by atoms with Crippen molar-refractivity contribution >= 4 is 23.0 Å². The molecule has 0 aliphatic heterocycles. The largest absolute Gasteiger partial charge is 0.477 e. The van der Waals surface area contributed by atoms with Gasteiger partial charge in [-0.2, -0.15) is 0 Å². The van der Waals surface area contributed by atoms with E-state index in [1.54, 1.807) is 6.07 Å². The van der Waals surface area contributed by atoms with Gasteiger partial charge in [-0.1, -0.05) is 30.3 Å². The first-order valence-electron chi connectivity index (χ1n) is 6.20. The highest BCUT2D eigenvalue weighted by atomic mass is 32.1. The molecule has 100 valence electrons. The van der Waals surface area contributed by atoms with E-state index in [-0.39, 0.29) is 0 Å². The van der Waals surface area contributed by atoms with Crippen LogP contribution in [0.3, 0.4) is 0 Å². The number of benzene rings is 1. The lowest BCUT2D eigenvalue weighted by molar-refractivity contribution is 0.0702. The summed E-state index contributed by atoms with van der Waals surface area (Å²) >= 11 is 1.27. The number of aromatic carboxylic acids is 1. The molecule has 1 aromatic carbocycles. The zero-order chi connectivity index (χ0) is 13.8. The number of carboxylic acids is 1. The summed E-state index contributed by atoms with van der Waals surface area (Å²) in [6.07, 6.45) is 0. The van der Waals surface area contributed by atoms with Gasteiger partial charge in [0, 0.05) is 23.7 Å². The molecule has 0 amide bonds. The third-order valence-electron chi connectivity index (χ3n) is 2.95. The Morgan fingerprint density at radius 1 is 1.32 bits per heavy atom. The van der Waals surface area contributed by atoms with Crippen molar-refractivity contribution in [3.63, 3.8) is 0 Å². The Morgan fingerprint density at radius 2 is 2.00 bits per heavy atom. The molecule has 2 rings (SSSR count). The molecule has 0 aliphatic carbocycles. The normalized spacial score (nSPS) is 10.7. The lowest BCUT2D eigenvalue weighted by atomic mass is 10.2. The van der Waals surface area contributed by atoms with E-state index in [0.717, 1.165) is 12.2 Å². The third kappa shape index (κ3) is 3.35.